The first-order valence-corrected chi connectivity index (χ1v) is 8.78. The van der Waals surface area contributed by atoms with E-state index in [-0.39, 0.29) is 10.7 Å². The Kier molecular flexibility index (Phi) is 5.71. The van der Waals surface area contributed by atoms with E-state index in [1.807, 2.05) is 26.1 Å². The standard InChI is InChI=1S/C11H11FN.C7H8O4S/c1-8-3-4-9-7-10(12)5-6-11(9)13(8)2;1-11-6-2-4-7(5-3-6)12(8,9)10/h3-7H,1-2H3;2-5H,1H3,(H,8,9,10)/q+1;/p-1. The highest BCUT2D eigenvalue weighted by molar-refractivity contribution is 7.85. The number of halogens is 1. The van der Waals surface area contributed by atoms with Crippen LogP contribution in [0.15, 0.2) is 59.5 Å². The number of hydrogen-bond acceptors (Lipinski definition) is 4. The van der Waals surface area contributed by atoms with Crippen LogP contribution in [0.25, 0.3) is 10.9 Å². The van der Waals surface area contributed by atoms with E-state index in [2.05, 4.69) is 4.57 Å². The predicted molar refractivity (Wildman–Crippen MR) is 90.8 cm³/mol. The molecule has 1 aromatic heterocycles. The second-order valence-electron chi connectivity index (χ2n) is 5.37. The fourth-order valence-corrected chi connectivity index (χ4v) is 2.69. The minimum Gasteiger partial charge on any atom is -0.744 e. The maximum absolute atomic E-state index is 12.9. The second-order valence-corrected chi connectivity index (χ2v) is 6.75. The Morgan fingerprint density at radius 2 is 1.68 bits per heavy atom. The van der Waals surface area contributed by atoms with Crippen LogP contribution in [0.5, 0.6) is 5.75 Å². The number of rotatable bonds is 2. The van der Waals surface area contributed by atoms with Crippen molar-refractivity contribution >= 4 is 21.0 Å². The van der Waals surface area contributed by atoms with Crippen LogP contribution in [-0.4, -0.2) is 20.1 Å². The summed E-state index contributed by atoms with van der Waals surface area (Å²) in [6.45, 7) is 2.03. The lowest BCUT2D eigenvalue weighted by Crippen LogP contribution is -2.32. The number of methoxy groups -OCH3 is 1. The van der Waals surface area contributed by atoms with Crippen LogP contribution in [0.3, 0.4) is 0 Å². The Labute approximate surface area is 146 Å². The monoisotopic (exact) mass is 363 g/mol. The highest BCUT2D eigenvalue weighted by Gasteiger charge is 2.07. The van der Waals surface area contributed by atoms with Crippen LogP contribution in [0.2, 0.25) is 0 Å². The molecule has 0 fully saturated rings. The van der Waals surface area contributed by atoms with Gasteiger partial charge in [-0.05, 0) is 42.5 Å². The molecule has 0 bridgehead atoms. The first-order valence-electron chi connectivity index (χ1n) is 7.37. The van der Waals surface area contributed by atoms with Crippen molar-refractivity contribution in [3.05, 3.63) is 66.1 Å². The Hall–Kier alpha value is -2.51. The number of fused-ring (bicyclic) bond motifs is 1. The molecule has 0 aliphatic carbocycles. The van der Waals surface area contributed by atoms with Gasteiger partial charge in [0, 0.05) is 24.4 Å². The Morgan fingerprint density at radius 3 is 2.24 bits per heavy atom. The van der Waals surface area contributed by atoms with Gasteiger partial charge in [-0.2, -0.15) is 4.57 Å². The van der Waals surface area contributed by atoms with Gasteiger partial charge in [0.25, 0.3) is 0 Å². The van der Waals surface area contributed by atoms with E-state index in [4.69, 9.17) is 4.74 Å². The molecule has 0 unspecified atom stereocenters. The van der Waals surface area contributed by atoms with E-state index in [1.165, 1.54) is 43.1 Å². The van der Waals surface area contributed by atoms with Crippen molar-refractivity contribution in [1.29, 1.82) is 0 Å². The van der Waals surface area contributed by atoms with Gasteiger partial charge < -0.3 is 9.29 Å². The minimum atomic E-state index is -4.33. The molecule has 0 saturated carbocycles. The lowest BCUT2D eigenvalue weighted by molar-refractivity contribution is -0.651. The van der Waals surface area contributed by atoms with E-state index in [1.54, 1.807) is 12.1 Å². The zero-order valence-electron chi connectivity index (χ0n) is 14.1. The van der Waals surface area contributed by atoms with Gasteiger partial charge in [-0.1, -0.05) is 0 Å². The van der Waals surface area contributed by atoms with Crippen molar-refractivity contribution in [2.24, 2.45) is 7.05 Å². The molecule has 0 aliphatic heterocycles. The number of nitrogens with zero attached hydrogens (tertiary/aromatic N) is 1. The van der Waals surface area contributed by atoms with E-state index in [0.29, 0.717) is 5.75 Å². The summed E-state index contributed by atoms with van der Waals surface area (Å²) >= 11 is 0. The summed E-state index contributed by atoms with van der Waals surface area (Å²) in [6, 6.07) is 14.0. The van der Waals surface area contributed by atoms with Crippen molar-refractivity contribution in [3.63, 3.8) is 0 Å². The van der Waals surface area contributed by atoms with Gasteiger partial charge in [0.15, 0.2) is 5.69 Å². The third-order valence-corrected chi connectivity index (χ3v) is 4.58. The van der Waals surface area contributed by atoms with Crippen LogP contribution in [0, 0.1) is 12.7 Å². The molecule has 0 spiro atoms. The Morgan fingerprint density at radius 1 is 1.04 bits per heavy atom. The highest BCUT2D eigenvalue weighted by Crippen LogP contribution is 2.14. The molecule has 0 radical (unpaired) electrons. The van der Waals surface area contributed by atoms with Crippen LogP contribution < -0.4 is 9.30 Å². The average Bonchev–Trinajstić information content (AvgIpc) is 2.58. The van der Waals surface area contributed by atoms with Crippen molar-refractivity contribution in [1.82, 2.24) is 0 Å². The van der Waals surface area contributed by atoms with E-state index in [9.17, 15) is 17.4 Å². The van der Waals surface area contributed by atoms with Crippen LogP contribution in [-0.2, 0) is 17.2 Å². The SMILES string of the molecule is COc1ccc(S(=O)(=O)[O-])cc1.Cc1ccc2cc(F)ccc2[n+]1C. The van der Waals surface area contributed by atoms with Gasteiger partial charge in [0.05, 0.1) is 12.0 Å². The molecule has 5 nitrogen and oxygen atoms in total. The van der Waals surface area contributed by atoms with Gasteiger partial charge in [0.1, 0.15) is 28.7 Å². The van der Waals surface area contributed by atoms with E-state index < -0.39 is 10.1 Å². The second kappa shape index (κ2) is 7.58. The predicted octanol–water partition coefficient (Wildman–Crippen LogP) is 2.71. The molecule has 0 saturated heterocycles. The zero-order chi connectivity index (χ0) is 18.6. The van der Waals surface area contributed by atoms with Gasteiger partial charge in [-0.25, -0.2) is 12.8 Å². The summed E-state index contributed by atoms with van der Waals surface area (Å²) in [5.74, 6) is 0.332. The summed E-state index contributed by atoms with van der Waals surface area (Å²) in [6.07, 6.45) is 0. The van der Waals surface area contributed by atoms with Gasteiger partial charge in [-0.3, -0.25) is 0 Å². The molecule has 7 heteroatoms. The largest absolute Gasteiger partial charge is 0.744 e. The summed E-state index contributed by atoms with van der Waals surface area (Å²) in [5, 5.41) is 0.938. The van der Waals surface area contributed by atoms with Crippen molar-refractivity contribution in [2.75, 3.05) is 7.11 Å². The maximum atomic E-state index is 12.9. The van der Waals surface area contributed by atoms with Crippen LogP contribution >= 0.6 is 0 Å². The summed E-state index contributed by atoms with van der Waals surface area (Å²) in [4.78, 5) is -0.247. The van der Waals surface area contributed by atoms with Gasteiger partial charge in [-0.15, -0.1) is 0 Å². The van der Waals surface area contributed by atoms with Crippen LogP contribution in [0.4, 0.5) is 4.39 Å². The fourth-order valence-electron chi connectivity index (χ4n) is 2.22. The first-order chi connectivity index (χ1) is 11.7. The van der Waals surface area contributed by atoms with Crippen molar-refractivity contribution in [3.8, 4) is 5.75 Å². The molecule has 2 aromatic carbocycles. The number of benzene rings is 2. The van der Waals surface area contributed by atoms with Gasteiger partial charge in [0.2, 0.25) is 5.52 Å². The highest BCUT2D eigenvalue weighted by atomic mass is 32.2. The average molecular weight is 363 g/mol. The maximum Gasteiger partial charge on any atom is 0.212 e. The van der Waals surface area contributed by atoms with Crippen LogP contribution in [0.1, 0.15) is 5.69 Å². The molecule has 25 heavy (non-hydrogen) atoms. The molecular weight excluding hydrogens is 345 g/mol. The molecule has 0 aliphatic rings. The molecule has 0 N–H and O–H groups in total. The van der Waals surface area contributed by atoms with Gasteiger partial charge >= 0.3 is 0 Å². The quantitative estimate of drug-likeness (QED) is 0.518. The molecule has 132 valence electrons. The molecule has 3 aromatic rings. The summed E-state index contributed by atoms with van der Waals surface area (Å²) in [7, 11) is -0.893. The molecular formula is C18H18FNO4S. The first kappa shape index (κ1) is 18.8. The molecule has 1 heterocycles. The van der Waals surface area contributed by atoms with Crippen molar-refractivity contribution < 1.29 is 26.7 Å². The van der Waals surface area contributed by atoms with E-state index >= 15 is 0 Å². The number of aryl methyl sites for hydroxylation is 2. The number of hydrogen-bond donors (Lipinski definition) is 0. The lowest BCUT2D eigenvalue weighted by atomic mass is 10.2. The smallest absolute Gasteiger partial charge is 0.212 e. The Bertz CT molecular complexity index is 986. The van der Waals surface area contributed by atoms with E-state index in [0.717, 1.165) is 10.9 Å². The Balaban J connectivity index is 0.000000181. The number of ether oxygens (including phenoxy) is 1. The minimum absolute atomic E-state index is 0.184. The number of pyridine rings is 1. The normalized spacial score (nSPS) is 10.9. The molecule has 0 atom stereocenters. The zero-order valence-corrected chi connectivity index (χ0v) is 14.9. The lowest BCUT2D eigenvalue weighted by Gasteiger charge is -2.06. The number of aromatic nitrogens is 1. The molecule has 3 rings (SSSR count). The van der Waals surface area contributed by atoms with Crippen molar-refractivity contribution in [2.45, 2.75) is 11.8 Å². The summed E-state index contributed by atoms with van der Waals surface area (Å²) < 4.78 is 51.0. The topological polar surface area (TPSA) is 70.3 Å². The fraction of sp³-hybridized carbons (Fsp3) is 0.167. The molecule has 0 amide bonds. The third-order valence-electron chi connectivity index (χ3n) is 3.73. The summed E-state index contributed by atoms with van der Waals surface area (Å²) in [5.41, 5.74) is 2.22. The third kappa shape index (κ3) is 4.74.